The molecule has 1 atom stereocenters. The molecule has 0 spiro atoms. The van der Waals surface area contributed by atoms with Crippen LogP contribution >= 0.6 is 11.8 Å². The Kier molecular flexibility index (Phi) is 4.69. The Morgan fingerprint density at radius 1 is 1.03 bits per heavy atom. The molecule has 1 amide bonds. The van der Waals surface area contributed by atoms with Crippen molar-refractivity contribution in [3.8, 4) is 11.5 Å². The molecule has 1 N–H and O–H groups in total. The van der Waals surface area contributed by atoms with Crippen LogP contribution in [0.2, 0.25) is 0 Å². The fourth-order valence-corrected chi connectivity index (χ4v) is 5.84. The second kappa shape index (κ2) is 7.74. The highest BCUT2D eigenvalue weighted by molar-refractivity contribution is 7.98. The maximum Gasteiger partial charge on any atom is 0.278 e. The number of aromatic nitrogens is 1. The zero-order chi connectivity index (χ0) is 22.5. The lowest BCUT2D eigenvalue weighted by molar-refractivity contribution is 0.0701. The first-order valence-corrected chi connectivity index (χ1v) is 11.7. The Morgan fingerprint density at radius 2 is 1.91 bits per heavy atom. The number of amides is 1. The van der Waals surface area contributed by atoms with Crippen LogP contribution in [0.5, 0.6) is 11.5 Å². The number of nitrogens with zero attached hydrogens (tertiary/aromatic N) is 3. The van der Waals surface area contributed by atoms with Gasteiger partial charge < -0.3 is 14.7 Å². The van der Waals surface area contributed by atoms with Gasteiger partial charge in [-0.2, -0.15) is 0 Å². The number of carbonyl (C=O) groups excluding carboxylic acids is 1. The third-order valence-electron chi connectivity index (χ3n) is 6.29. The normalized spacial score (nSPS) is 19.9. The summed E-state index contributed by atoms with van der Waals surface area (Å²) in [7, 11) is 0. The van der Waals surface area contributed by atoms with E-state index in [4.69, 9.17) is 4.74 Å². The molecule has 4 heterocycles. The van der Waals surface area contributed by atoms with Gasteiger partial charge in [0, 0.05) is 35.0 Å². The van der Waals surface area contributed by atoms with Crippen LogP contribution in [0, 0.1) is 0 Å². The van der Waals surface area contributed by atoms with Crippen LogP contribution in [0.25, 0.3) is 0 Å². The second-order valence-electron chi connectivity index (χ2n) is 8.17. The van der Waals surface area contributed by atoms with Gasteiger partial charge in [-0.3, -0.25) is 19.3 Å². The van der Waals surface area contributed by atoms with Gasteiger partial charge in [-0.05, 0) is 29.3 Å². The van der Waals surface area contributed by atoms with Gasteiger partial charge in [0.15, 0.2) is 11.4 Å². The van der Waals surface area contributed by atoms with Crippen LogP contribution in [0.4, 0.5) is 0 Å². The van der Waals surface area contributed by atoms with E-state index in [0.29, 0.717) is 13.2 Å². The van der Waals surface area contributed by atoms with E-state index in [1.54, 1.807) is 27.5 Å². The van der Waals surface area contributed by atoms with E-state index in [1.165, 1.54) is 6.07 Å². The summed E-state index contributed by atoms with van der Waals surface area (Å²) < 4.78 is 7.84. The Labute approximate surface area is 194 Å². The molecule has 3 aromatic rings. The summed E-state index contributed by atoms with van der Waals surface area (Å²) in [5.41, 5.74) is 2.68. The Hall–Kier alpha value is -3.65. The van der Waals surface area contributed by atoms with E-state index in [2.05, 4.69) is 18.2 Å². The van der Waals surface area contributed by atoms with Crippen molar-refractivity contribution >= 4 is 17.7 Å². The minimum absolute atomic E-state index is 0.0178. The number of fused-ring (bicyclic) bond motifs is 7. The lowest BCUT2D eigenvalue weighted by Crippen LogP contribution is -2.55. The summed E-state index contributed by atoms with van der Waals surface area (Å²) in [4.78, 5) is 28.3. The van der Waals surface area contributed by atoms with Crippen LogP contribution in [0.15, 0.2) is 76.6 Å². The summed E-state index contributed by atoms with van der Waals surface area (Å²) in [5, 5.41) is 12.7. The number of ether oxygens (including phenoxy) is 1. The molecular formula is C25H21N3O4S. The first-order valence-electron chi connectivity index (χ1n) is 10.8. The quantitative estimate of drug-likeness (QED) is 0.521. The van der Waals surface area contributed by atoms with Gasteiger partial charge in [-0.25, -0.2) is 0 Å². The second-order valence-corrected chi connectivity index (χ2v) is 9.19. The van der Waals surface area contributed by atoms with E-state index in [1.807, 2.05) is 41.4 Å². The topological polar surface area (TPSA) is 75.0 Å². The molecule has 2 bridgehead atoms. The molecule has 1 aromatic heterocycles. The van der Waals surface area contributed by atoms with E-state index in [9.17, 15) is 14.7 Å². The van der Waals surface area contributed by atoms with Gasteiger partial charge >= 0.3 is 0 Å². The van der Waals surface area contributed by atoms with Gasteiger partial charge in [0.05, 0.1) is 0 Å². The number of aromatic hydroxyl groups is 1. The number of pyridine rings is 1. The molecule has 166 valence electrons. The van der Waals surface area contributed by atoms with Gasteiger partial charge in [0.25, 0.3) is 5.91 Å². The highest BCUT2D eigenvalue weighted by Gasteiger charge is 2.39. The minimum Gasteiger partial charge on any atom is -0.502 e. The van der Waals surface area contributed by atoms with Crippen molar-refractivity contribution in [2.75, 3.05) is 24.8 Å². The zero-order valence-electron chi connectivity index (χ0n) is 17.7. The van der Waals surface area contributed by atoms with Crippen molar-refractivity contribution in [1.29, 1.82) is 0 Å². The molecule has 0 fully saturated rings. The number of thioether (sulfide) groups is 1. The highest BCUT2D eigenvalue weighted by atomic mass is 32.2. The van der Waals surface area contributed by atoms with E-state index in [0.717, 1.165) is 33.1 Å². The fraction of sp³-hybridized carbons (Fsp3) is 0.200. The molecule has 0 unspecified atom stereocenters. The van der Waals surface area contributed by atoms with Crippen LogP contribution in [-0.4, -0.2) is 40.4 Å². The maximum atomic E-state index is 13.3. The summed E-state index contributed by atoms with van der Waals surface area (Å²) in [6, 6.07) is 15.3. The van der Waals surface area contributed by atoms with Gasteiger partial charge in [0.2, 0.25) is 5.43 Å². The first kappa shape index (κ1) is 20.0. The van der Waals surface area contributed by atoms with Crippen LogP contribution < -0.4 is 15.2 Å². The third kappa shape index (κ3) is 3.13. The summed E-state index contributed by atoms with van der Waals surface area (Å²) >= 11 is 1.77. The molecule has 0 radical (unpaired) electrons. The molecule has 0 saturated heterocycles. The molecule has 3 aliphatic heterocycles. The van der Waals surface area contributed by atoms with Gasteiger partial charge in [-0.15, -0.1) is 11.8 Å². The number of carbonyl (C=O) groups is 1. The molecule has 0 aliphatic carbocycles. The first-order chi connectivity index (χ1) is 16.1. The van der Waals surface area contributed by atoms with Crippen molar-refractivity contribution < 1.29 is 14.6 Å². The molecule has 6 rings (SSSR count). The number of rotatable bonds is 0. The third-order valence-corrected chi connectivity index (χ3v) is 7.43. The van der Waals surface area contributed by atoms with Crippen molar-refractivity contribution in [1.82, 2.24) is 9.58 Å². The fourth-order valence-electron chi connectivity index (χ4n) is 4.75. The van der Waals surface area contributed by atoms with Crippen molar-refractivity contribution in [3.63, 3.8) is 0 Å². The smallest absolute Gasteiger partial charge is 0.278 e. The molecule has 7 nitrogen and oxygen atoms in total. The monoisotopic (exact) mass is 459 g/mol. The SMILES string of the molecule is O=C1c2c(O)c(=O)ccn2N2CN1C/C=C\COc1cccc3c1[C@@H]2c1ccccc1SC3. The predicted octanol–water partition coefficient (Wildman–Crippen LogP) is 3.25. The zero-order valence-corrected chi connectivity index (χ0v) is 18.5. The van der Waals surface area contributed by atoms with Crippen molar-refractivity contribution in [3.05, 3.63) is 99.5 Å². The van der Waals surface area contributed by atoms with Crippen LogP contribution in [-0.2, 0) is 5.75 Å². The summed E-state index contributed by atoms with van der Waals surface area (Å²) in [6.45, 7) is 1.01. The van der Waals surface area contributed by atoms with Crippen LogP contribution in [0.1, 0.15) is 33.2 Å². The largest absolute Gasteiger partial charge is 0.502 e. The van der Waals surface area contributed by atoms with Crippen LogP contribution in [0.3, 0.4) is 0 Å². The van der Waals surface area contributed by atoms with E-state index in [-0.39, 0.29) is 24.3 Å². The van der Waals surface area contributed by atoms with Gasteiger partial charge in [-0.1, -0.05) is 36.4 Å². The minimum atomic E-state index is -0.572. The standard InChI is InChI=1S/C25H21N3O4S/c29-18-10-12-27-23(24(18)30)25(31)26-11-3-4-13-32-19-8-5-6-16-14-33-20-9-2-1-7-17(20)22(21(16)19)28(27)15-26/h1-10,12,22,30H,11,13-15H2/b4-3-/t22-/m0/s1. The Balaban J connectivity index is 1.68. The molecule has 8 heteroatoms. The van der Waals surface area contributed by atoms with E-state index >= 15 is 0 Å². The molecular weight excluding hydrogens is 438 g/mol. The highest BCUT2D eigenvalue weighted by Crippen LogP contribution is 2.46. The van der Waals surface area contributed by atoms with Crippen molar-refractivity contribution in [2.24, 2.45) is 0 Å². The number of benzene rings is 2. The average Bonchev–Trinajstić information content (AvgIpc) is 3.01. The Bertz CT molecular complexity index is 1370. The Morgan fingerprint density at radius 3 is 2.82 bits per heavy atom. The molecule has 3 aliphatic rings. The molecule has 33 heavy (non-hydrogen) atoms. The van der Waals surface area contributed by atoms with Gasteiger partial charge in [0.1, 0.15) is 25.1 Å². The lowest BCUT2D eigenvalue weighted by atomic mass is 9.93. The average molecular weight is 460 g/mol. The number of hydrogen-bond acceptors (Lipinski definition) is 6. The summed E-state index contributed by atoms with van der Waals surface area (Å²) in [5.74, 6) is 0.666. The predicted molar refractivity (Wildman–Crippen MR) is 125 cm³/mol. The summed E-state index contributed by atoms with van der Waals surface area (Å²) in [6.07, 6.45) is 5.35. The van der Waals surface area contributed by atoms with E-state index < -0.39 is 11.2 Å². The number of hydrogen-bond donors (Lipinski definition) is 1. The maximum absolute atomic E-state index is 13.3. The van der Waals surface area contributed by atoms with Crippen molar-refractivity contribution in [2.45, 2.75) is 16.7 Å². The lowest BCUT2D eigenvalue weighted by Gasteiger charge is -2.44. The molecule has 0 saturated carbocycles. The molecule has 2 aromatic carbocycles.